The fourth-order valence-electron chi connectivity index (χ4n) is 1.69. The molecule has 2 aromatic rings. The zero-order valence-electron chi connectivity index (χ0n) is 9.66. The van der Waals surface area contributed by atoms with Gasteiger partial charge in [0.1, 0.15) is 0 Å². The molecule has 3 nitrogen and oxygen atoms in total. The fraction of sp³-hybridized carbons (Fsp3) is 0.308. The lowest BCUT2D eigenvalue weighted by atomic mass is 10.1. The van der Waals surface area contributed by atoms with Crippen molar-refractivity contribution >= 4 is 0 Å². The van der Waals surface area contributed by atoms with Crippen LogP contribution >= 0.6 is 0 Å². The van der Waals surface area contributed by atoms with Gasteiger partial charge in [0.25, 0.3) is 6.01 Å². The summed E-state index contributed by atoms with van der Waals surface area (Å²) in [4.78, 5) is 7.19. The van der Waals surface area contributed by atoms with E-state index in [1.807, 2.05) is 0 Å². The molecule has 0 atom stereocenters. The highest BCUT2D eigenvalue weighted by Crippen LogP contribution is 2.20. The Morgan fingerprint density at radius 1 is 1.25 bits per heavy atom. The SMILES string of the molecule is CCCc1ccc(-c2cnc(OC)[nH]2)cc1. The van der Waals surface area contributed by atoms with E-state index in [4.69, 9.17) is 4.74 Å². The average molecular weight is 216 g/mol. The molecular weight excluding hydrogens is 200 g/mol. The van der Waals surface area contributed by atoms with Crippen molar-refractivity contribution < 1.29 is 4.74 Å². The number of nitrogens with zero attached hydrogens (tertiary/aromatic N) is 1. The van der Waals surface area contributed by atoms with Crippen LogP contribution in [0.25, 0.3) is 11.3 Å². The molecule has 1 aromatic heterocycles. The predicted molar refractivity (Wildman–Crippen MR) is 64.6 cm³/mol. The number of aromatic amines is 1. The van der Waals surface area contributed by atoms with Crippen molar-refractivity contribution in [3.8, 4) is 17.3 Å². The van der Waals surface area contributed by atoms with Crippen LogP contribution in [-0.4, -0.2) is 17.1 Å². The summed E-state index contributed by atoms with van der Waals surface area (Å²) in [5, 5.41) is 0. The molecule has 1 heterocycles. The maximum atomic E-state index is 5.01. The lowest BCUT2D eigenvalue weighted by Crippen LogP contribution is -1.85. The van der Waals surface area contributed by atoms with Crippen molar-refractivity contribution in [2.24, 2.45) is 0 Å². The van der Waals surface area contributed by atoms with Gasteiger partial charge in [0, 0.05) is 0 Å². The Balaban J connectivity index is 2.20. The molecular formula is C13H16N2O. The monoisotopic (exact) mass is 216 g/mol. The molecule has 0 aliphatic carbocycles. The molecule has 84 valence electrons. The number of methoxy groups -OCH3 is 1. The Morgan fingerprint density at radius 2 is 2.00 bits per heavy atom. The van der Waals surface area contributed by atoms with Gasteiger partial charge in [-0.3, -0.25) is 0 Å². The van der Waals surface area contributed by atoms with Gasteiger partial charge in [-0.25, -0.2) is 4.98 Å². The van der Waals surface area contributed by atoms with Crippen molar-refractivity contribution in [3.63, 3.8) is 0 Å². The smallest absolute Gasteiger partial charge is 0.293 e. The van der Waals surface area contributed by atoms with Crippen molar-refractivity contribution in [1.29, 1.82) is 0 Å². The molecule has 0 bridgehead atoms. The summed E-state index contributed by atoms with van der Waals surface area (Å²) in [7, 11) is 1.60. The van der Waals surface area contributed by atoms with Crippen LogP contribution in [0.2, 0.25) is 0 Å². The van der Waals surface area contributed by atoms with Crippen LogP contribution in [0, 0.1) is 0 Å². The van der Waals surface area contributed by atoms with Crippen LogP contribution in [-0.2, 0) is 6.42 Å². The van der Waals surface area contributed by atoms with Gasteiger partial charge in [0.2, 0.25) is 0 Å². The van der Waals surface area contributed by atoms with Crippen molar-refractivity contribution in [1.82, 2.24) is 9.97 Å². The first-order valence-electron chi connectivity index (χ1n) is 5.51. The number of hydrogen-bond donors (Lipinski definition) is 1. The average Bonchev–Trinajstić information content (AvgIpc) is 2.79. The fourth-order valence-corrected chi connectivity index (χ4v) is 1.69. The Kier molecular flexibility index (Phi) is 3.25. The molecule has 0 radical (unpaired) electrons. The maximum Gasteiger partial charge on any atom is 0.293 e. The Morgan fingerprint density at radius 3 is 2.56 bits per heavy atom. The molecule has 0 amide bonds. The summed E-state index contributed by atoms with van der Waals surface area (Å²) in [5.74, 6) is 0. The van der Waals surface area contributed by atoms with E-state index in [0.29, 0.717) is 6.01 Å². The number of nitrogens with one attached hydrogen (secondary N) is 1. The maximum absolute atomic E-state index is 5.01. The van der Waals surface area contributed by atoms with E-state index >= 15 is 0 Å². The minimum Gasteiger partial charge on any atom is -0.468 e. The van der Waals surface area contributed by atoms with E-state index in [-0.39, 0.29) is 0 Å². The number of rotatable bonds is 4. The third kappa shape index (κ3) is 2.24. The van der Waals surface area contributed by atoms with Gasteiger partial charge in [-0.1, -0.05) is 37.6 Å². The third-order valence-electron chi connectivity index (χ3n) is 2.55. The molecule has 1 aromatic carbocycles. The van der Waals surface area contributed by atoms with E-state index in [0.717, 1.165) is 17.7 Å². The van der Waals surface area contributed by atoms with Crippen molar-refractivity contribution in [2.45, 2.75) is 19.8 Å². The van der Waals surface area contributed by atoms with E-state index in [2.05, 4.69) is 41.2 Å². The Bertz CT molecular complexity index is 445. The summed E-state index contributed by atoms with van der Waals surface area (Å²) in [6, 6.07) is 9.08. The van der Waals surface area contributed by atoms with Gasteiger partial charge < -0.3 is 9.72 Å². The largest absolute Gasteiger partial charge is 0.468 e. The highest BCUT2D eigenvalue weighted by Gasteiger charge is 2.02. The first-order valence-corrected chi connectivity index (χ1v) is 5.51. The van der Waals surface area contributed by atoms with E-state index in [9.17, 15) is 0 Å². The van der Waals surface area contributed by atoms with Crippen LogP contribution in [0.15, 0.2) is 30.5 Å². The molecule has 0 unspecified atom stereocenters. The van der Waals surface area contributed by atoms with Crippen molar-refractivity contribution in [3.05, 3.63) is 36.0 Å². The molecule has 16 heavy (non-hydrogen) atoms. The van der Waals surface area contributed by atoms with Crippen LogP contribution in [0.3, 0.4) is 0 Å². The lowest BCUT2D eigenvalue weighted by molar-refractivity contribution is 0.384. The quantitative estimate of drug-likeness (QED) is 0.853. The van der Waals surface area contributed by atoms with Gasteiger partial charge in [0.15, 0.2) is 0 Å². The van der Waals surface area contributed by atoms with Crippen LogP contribution in [0.4, 0.5) is 0 Å². The number of imidazole rings is 1. The second kappa shape index (κ2) is 4.84. The lowest BCUT2D eigenvalue weighted by Gasteiger charge is -2.01. The summed E-state index contributed by atoms with van der Waals surface area (Å²) in [6.45, 7) is 2.19. The zero-order chi connectivity index (χ0) is 11.4. The zero-order valence-corrected chi connectivity index (χ0v) is 9.66. The summed E-state index contributed by atoms with van der Waals surface area (Å²) >= 11 is 0. The third-order valence-corrected chi connectivity index (χ3v) is 2.55. The van der Waals surface area contributed by atoms with Gasteiger partial charge in [-0.2, -0.15) is 0 Å². The van der Waals surface area contributed by atoms with Crippen molar-refractivity contribution in [2.75, 3.05) is 7.11 Å². The number of ether oxygens (including phenoxy) is 1. The Labute approximate surface area is 95.5 Å². The number of hydrogen-bond acceptors (Lipinski definition) is 2. The first-order chi connectivity index (χ1) is 7.83. The summed E-state index contributed by atoms with van der Waals surface area (Å²) in [6.07, 6.45) is 4.09. The topological polar surface area (TPSA) is 37.9 Å². The second-order valence-electron chi connectivity index (χ2n) is 3.75. The Hall–Kier alpha value is -1.77. The minimum atomic E-state index is 0.549. The number of aryl methyl sites for hydroxylation is 1. The molecule has 0 saturated carbocycles. The van der Waals surface area contributed by atoms with E-state index in [1.54, 1.807) is 13.3 Å². The molecule has 3 heteroatoms. The van der Waals surface area contributed by atoms with E-state index < -0.39 is 0 Å². The normalized spacial score (nSPS) is 10.4. The first kappa shape index (κ1) is 10.7. The predicted octanol–water partition coefficient (Wildman–Crippen LogP) is 3.04. The number of H-pyrrole nitrogens is 1. The molecule has 0 aliphatic rings. The van der Waals surface area contributed by atoms with Gasteiger partial charge >= 0.3 is 0 Å². The van der Waals surface area contributed by atoms with Gasteiger partial charge in [-0.05, 0) is 17.5 Å². The van der Waals surface area contributed by atoms with Crippen LogP contribution < -0.4 is 4.74 Å². The van der Waals surface area contributed by atoms with Crippen LogP contribution in [0.5, 0.6) is 6.01 Å². The minimum absolute atomic E-state index is 0.549. The van der Waals surface area contributed by atoms with Crippen LogP contribution in [0.1, 0.15) is 18.9 Å². The number of aromatic nitrogens is 2. The standard InChI is InChI=1S/C13H16N2O/c1-3-4-10-5-7-11(8-6-10)12-9-14-13(15-12)16-2/h5-9H,3-4H2,1-2H3,(H,14,15). The summed E-state index contributed by atoms with van der Waals surface area (Å²) in [5.41, 5.74) is 3.49. The second-order valence-corrected chi connectivity index (χ2v) is 3.75. The molecule has 0 fully saturated rings. The molecule has 0 saturated heterocycles. The van der Waals surface area contributed by atoms with Gasteiger partial charge in [0.05, 0.1) is 19.0 Å². The molecule has 2 rings (SSSR count). The van der Waals surface area contributed by atoms with E-state index in [1.165, 1.54) is 12.0 Å². The summed E-state index contributed by atoms with van der Waals surface area (Å²) < 4.78 is 5.01. The molecule has 0 aliphatic heterocycles. The molecule has 0 spiro atoms. The highest BCUT2D eigenvalue weighted by molar-refractivity contribution is 5.59. The highest BCUT2D eigenvalue weighted by atomic mass is 16.5. The van der Waals surface area contributed by atoms with Gasteiger partial charge in [-0.15, -0.1) is 0 Å². The number of benzene rings is 1. The molecule has 1 N–H and O–H groups in total.